The van der Waals surface area contributed by atoms with Crippen LogP contribution in [0.25, 0.3) is 0 Å². The molecule has 5 rings (SSSR count). The van der Waals surface area contributed by atoms with Gasteiger partial charge in [-0.25, -0.2) is 4.98 Å². The minimum atomic E-state index is -0.0750. The first-order valence-corrected chi connectivity index (χ1v) is 14.1. The highest BCUT2D eigenvalue weighted by Gasteiger charge is 2.38. The summed E-state index contributed by atoms with van der Waals surface area (Å²) in [6, 6.07) is 23.1. The number of ether oxygens (including phenoxy) is 1. The molecule has 2 fully saturated rings. The van der Waals surface area contributed by atoms with Gasteiger partial charge in [0.1, 0.15) is 17.6 Å². The maximum atomic E-state index is 13.7. The summed E-state index contributed by atoms with van der Waals surface area (Å²) in [7, 11) is 0. The fourth-order valence-electron chi connectivity index (χ4n) is 5.96. The van der Waals surface area contributed by atoms with Gasteiger partial charge in [-0.2, -0.15) is 10.5 Å². The van der Waals surface area contributed by atoms with E-state index in [9.17, 15) is 4.79 Å². The zero-order valence-electron chi connectivity index (χ0n) is 22.5. The molecule has 0 saturated carbocycles. The van der Waals surface area contributed by atoms with Crippen molar-refractivity contribution in [3.8, 4) is 17.9 Å². The molecular weight excluding hydrogens is 522 g/mol. The number of hydrogen-bond acceptors (Lipinski definition) is 6. The van der Waals surface area contributed by atoms with E-state index in [1.54, 1.807) is 24.4 Å². The molecule has 204 valence electrons. The van der Waals surface area contributed by atoms with Gasteiger partial charge in [-0.15, -0.1) is 0 Å². The standard InChI is InChI=1S/C32H32ClN5O2/c1-22(40-28-9-2-23(18-34)3-10-28)29-14-17-38(21-30(29)25-5-7-27(33)8-6-25)32(39)26-12-15-37(16-13-26)31-11-4-24(19-35)20-36-31/h2-11,20,22,26,29-30H,12-17,21H2,1H3/t22-,29+,30+/m0/s1. The SMILES string of the molecule is C[C@H](Oc1ccc(C#N)cc1)[C@H]1CCN(C(=O)C2CCN(c3ccc(C#N)cn3)CC2)C[C@@H]1c1ccc(Cl)cc1. The number of carbonyl (C=O) groups is 1. The van der Waals surface area contributed by atoms with Crippen LogP contribution >= 0.6 is 11.6 Å². The molecule has 1 aromatic heterocycles. The molecule has 0 spiro atoms. The molecule has 0 N–H and O–H groups in total. The number of rotatable bonds is 6. The maximum Gasteiger partial charge on any atom is 0.225 e. The minimum Gasteiger partial charge on any atom is -0.490 e. The van der Waals surface area contributed by atoms with Gasteiger partial charge in [0, 0.05) is 55.2 Å². The van der Waals surface area contributed by atoms with E-state index in [-0.39, 0.29) is 29.8 Å². The Morgan fingerprint density at radius 1 is 0.950 bits per heavy atom. The quantitative estimate of drug-likeness (QED) is 0.383. The summed E-state index contributed by atoms with van der Waals surface area (Å²) in [6.07, 6.45) is 3.92. The molecule has 0 unspecified atom stereocenters. The molecule has 2 aliphatic rings. The van der Waals surface area contributed by atoms with E-state index in [2.05, 4.69) is 41.1 Å². The fraction of sp³-hybridized carbons (Fsp3) is 0.375. The van der Waals surface area contributed by atoms with Crippen molar-refractivity contribution in [1.82, 2.24) is 9.88 Å². The van der Waals surface area contributed by atoms with Crippen molar-refractivity contribution >= 4 is 23.3 Å². The van der Waals surface area contributed by atoms with Gasteiger partial charge in [0.15, 0.2) is 0 Å². The van der Waals surface area contributed by atoms with Gasteiger partial charge in [-0.05, 0) is 80.3 Å². The number of likely N-dealkylation sites (tertiary alicyclic amines) is 1. The van der Waals surface area contributed by atoms with Gasteiger partial charge < -0.3 is 14.5 Å². The topological polar surface area (TPSA) is 93.2 Å². The van der Waals surface area contributed by atoms with E-state index in [0.29, 0.717) is 29.2 Å². The number of hydrogen-bond donors (Lipinski definition) is 0. The Bertz CT molecular complexity index is 1390. The summed E-state index contributed by atoms with van der Waals surface area (Å²) in [5.74, 6) is 2.14. The van der Waals surface area contributed by atoms with E-state index < -0.39 is 0 Å². The Hall–Kier alpha value is -4.07. The van der Waals surface area contributed by atoms with Crippen LogP contribution in [0.15, 0.2) is 66.9 Å². The Morgan fingerprint density at radius 2 is 1.62 bits per heavy atom. The Kier molecular flexibility index (Phi) is 8.53. The van der Waals surface area contributed by atoms with Gasteiger partial charge >= 0.3 is 0 Å². The van der Waals surface area contributed by atoms with Crippen LogP contribution in [-0.2, 0) is 4.79 Å². The maximum absolute atomic E-state index is 13.7. The first kappa shape index (κ1) is 27.5. The third-order valence-corrected chi connectivity index (χ3v) is 8.48. The lowest BCUT2D eigenvalue weighted by molar-refractivity contribution is -0.138. The Morgan fingerprint density at radius 3 is 2.25 bits per heavy atom. The third-order valence-electron chi connectivity index (χ3n) is 8.23. The highest BCUT2D eigenvalue weighted by Crippen LogP contribution is 2.38. The molecule has 2 aliphatic heterocycles. The second kappa shape index (κ2) is 12.4. The number of nitriles is 2. The monoisotopic (exact) mass is 553 g/mol. The highest BCUT2D eigenvalue weighted by molar-refractivity contribution is 6.30. The molecule has 8 heteroatoms. The summed E-state index contributed by atoms with van der Waals surface area (Å²) in [5.41, 5.74) is 2.30. The molecule has 2 saturated heterocycles. The van der Waals surface area contributed by atoms with E-state index in [0.717, 1.165) is 49.5 Å². The molecule has 0 aliphatic carbocycles. The molecule has 1 amide bonds. The van der Waals surface area contributed by atoms with Crippen molar-refractivity contribution in [3.63, 3.8) is 0 Å². The van der Waals surface area contributed by atoms with Crippen LogP contribution in [0.4, 0.5) is 5.82 Å². The molecule has 0 bridgehead atoms. The number of nitrogens with zero attached hydrogens (tertiary/aromatic N) is 5. The second-order valence-electron chi connectivity index (χ2n) is 10.6. The molecule has 3 heterocycles. The van der Waals surface area contributed by atoms with Gasteiger partial charge in [-0.3, -0.25) is 4.79 Å². The largest absolute Gasteiger partial charge is 0.490 e. The first-order valence-electron chi connectivity index (χ1n) is 13.8. The number of halogens is 1. The summed E-state index contributed by atoms with van der Waals surface area (Å²) < 4.78 is 6.34. The highest BCUT2D eigenvalue weighted by atomic mass is 35.5. The summed E-state index contributed by atoms with van der Waals surface area (Å²) >= 11 is 6.20. The summed E-state index contributed by atoms with van der Waals surface area (Å²) in [6.45, 7) is 4.97. The minimum absolute atomic E-state index is 0.00984. The first-order chi connectivity index (χ1) is 19.4. The number of amides is 1. The molecule has 3 atom stereocenters. The number of benzene rings is 2. The lowest BCUT2D eigenvalue weighted by atomic mass is 9.77. The van der Waals surface area contributed by atoms with Crippen molar-refractivity contribution < 1.29 is 9.53 Å². The van der Waals surface area contributed by atoms with Crippen LogP contribution in [0.5, 0.6) is 5.75 Å². The Labute approximate surface area is 240 Å². The average molecular weight is 554 g/mol. The van der Waals surface area contributed by atoms with Crippen molar-refractivity contribution in [2.75, 3.05) is 31.1 Å². The smallest absolute Gasteiger partial charge is 0.225 e. The van der Waals surface area contributed by atoms with Crippen molar-refractivity contribution in [1.29, 1.82) is 10.5 Å². The van der Waals surface area contributed by atoms with Gasteiger partial charge in [0.2, 0.25) is 5.91 Å². The van der Waals surface area contributed by atoms with Crippen LogP contribution in [0.2, 0.25) is 5.02 Å². The number of carbonyl (C=O) groups excluding carboxylic acids is 1. The number of aromatic nitrogens is 1. The predicted molar refractivity (Wildman–Crippen MR) is 154 cm³/mol. The zero-order valence-corrected chi connectivity index (χ0v) is 23.3. The normalized spacial score (nSPS) is 20.3. The molecule has 0 radical (unpaired) electrons. The van der Waals surface area contributed by atoms with Crippen molar-refractivity contribution in [2.45, 2.75) is 38.2 Å². The summed E-state index contributed by atoms with van der Waals surface area (Å²) in [5, 5.41) is 18.8. The van der Waals surface area contributed by atoms with Crippen LogP contribution in [0, 0.1) is 34.5 Å². The molecular formula is C32H32ClN5O2. The number of anilines is 1. The lowest BCUT2D eigenvalue weighted by Crippen LogP contribution is -2.49. The van der Waals surface area contributed by atoms with E-state index in [1.165, 1.54) is 0 Å². The van der Waals surface area contributed by atoms with Crippen LogP contribution in [-0.4, -0.2) is 48.1 Å². The average Bonchev–Trinajstić information content (AvgIpc) is 3.01. The van der Waals surface area contributed by atoms with E-state index >= 15 is 0 Å². The molecule has 3 aromatic rings. The lowest BCUT2D eigenvalue weighted by Gasteiger charge is -2.43. The third kappa shape index (κ3) is 6.22. The van der Waals surface area contributed by atoms with Crippen LogP contribution in [0.3, 0.4) is 0 Å². The fourth-order valence-corrected chi connectivity index (χ4v) is 6.08. The zero-order chi connectivity index (χ0) is 28.1. The predicted octanol–water partition coefficient (Wildman–Crippen LogP) is 5.79. The second-order valence-corrected chi connectivity index (χ2v) is 11.1. The van der Waals surface area contributed by atoms with Gasteiger partial charge in [0.05, 0.1) is 23.3 Å². The van der Waals surface area contributed by atoms with Crippen LogP contribution in [0.1, 0.15) is 48.8 Å². The molecule has 2 aromatic carbocycles. The summed E-state index contributed by atoms with van der Waals surface area (Å²) in [4.78, 5) is 22.4. The number of piperidine rings is 2. The van der Waals surface area contributed by atoms with Crippen molar-refractivity contribution in [3.05, 3.63) is 88.6 Å². The molecule has 40 heavy (non-hydrogen) atoms. The van der Waals surface area contributed by atoms with Gasteiger partial charge in [0.25, 0.3) is 0 Å². The van der Waals surface area contributed by atoms with Crippen molar-refractivity contribution in [2.24, 2.45) is 11.8 Å². The molecule has 7 nitrogen and oxygen atoms in total. The van der Waals surface area contributed by atoms with Crippen LogP contribution < -0.4 is 9.64 Å². The van der Waals surface area contributed by atoms with E-state index in [1.807, 2.05) is 35.2 Å². The Balaban J connectivity index is 1.25. The van der Waals surface area contributed by atoms with Gasteiger partial charge in [-0.1, -0.05) is 23.7 Å². The number of pyridine rings is 1. The van der Waals surface area contributed by atoms with E-state index in [4.69, 9.17) is 26.9 Å².